The molecule has 0 aromatic carbocycles. The van der Waals surface area contributed by atoms with E-state index < -0.39 is 15.4 Å². The molecule has 1 saturated carbocycles. The average molecular weight is 388 g/mol. The van der Waals surface area contributed by atoms with Crippen molar-refractivity contribution in [1.82, 2.24) is 19.3 Å². The van der Waals surface area contributed by atoms with Crippen LogP contribution in [0.4, 0.5) is 5.82 Å². The Morgan fingerprint density at radius 3 is 2.93 bits per heavy atom. The lowest BCUT2D eigenvalue weighted by Gasteiger charge is -2.42. The van der Waals surface area contributed by atoms with Crippen molar-refractivity contribution in [3.8, 4) is 6.07 Å². The van der Waals surface area contributed by atoms with Gasteiger partial charge in [-0.1, -0.05) is 0 Å². The maximum absolute atomic E-state index is 12.7. The summed E-state index contributed by atoms with van der Waals surface area (Å²) in [5, 5.41) is 10.2. The molecule has 2 aromatic rings. The van der Waals surface area contributed by atoms with Crippen LogP contribution in [-0.4, -0.2) is 59.6 Å². The van der Waals surface area contributed by atoms with E-state index >= 15 is 0 Å². The molecule has 0 unspecified atom stereocenters. The summed E-state index contributed by atoms with van der Waals surface area (Å²) in [6, 6.07) is 4.49. The lowest BCUT2D eigenvalue weighted by Crippen LogP contribution is -2.47. The Labute approximate surface area is 159 Å². The van der Waals surface area contributed by atoms with Gasteiger partial charge in [0.2, 0.25) is 10.0 Å². The van der Waals surface area contributed by atoms with E-state index in [9.17, 15) is 13.7 Å². The van der Waals surface area contributed by atoms with E-state index in [1.165, 1.54) is 4.31 Å². The van der Waals surface area contributed by atoms with Crippen LogP contribution in [0, 0.1) is 22.7 Å². The number of anilines is 1. The minimum absolute atomic E-state index is 0.153. The number of sulfonamides is 1. The molecular formula is C18H24N6O2S. The van der Waals surface area contributed by atoms with Crippen LogP contribution in [0.25, 0.3) is 11.0 Å². The molecule has 4 rings (SSSR count). The van der Waals surface area contributed by atoms with Crippen molar-refractivity contribution < 1.29 is 8.42 Å². The van der Waals surface area contributed by atoms with Gasteiger partial charge in [-0.05, 0) is 38.2 Å². The summed E-state index contributed by atoms with van der Waals surface area (Å²) < 4.78 is 26.9. The first kappa shape index (κ1) is 18.2. The summed E-state index contributed by atoms with van der Waals surface area (Å²) in [7, 11) is -1.30. The largest absolute Gasteiger partial charge is 0.356 e. The van der Waals surface area contributed by atoms with Crippen molar-refractivity contribution in [3.63, 3.8) is 0 Å². The summed E-state index contributed by atoms with van der Waals surface area (Å²) in [6.07, 6.45) is 5.66. The monoisotopic (exact) mass is 388 g/mol. The second-order valence-corrected chi connectivity index (χ2v) is 10.1. The Hall–Kier alpha value is -2.18. The second-order valence-electron chi connectivity index (χ2n) is 8.07. The van der Waals surface area contributed by atoms with Crippen LogP contribution in [0.15, 0.2) is 18.6 Å². The predicted octanol–water partition coefficient (Wildman–Crippen LogP) is 1.74. The normalized spacial score (nSPS) is 28.8. The third kappa shape index (κ3) is 3.28. The number of hydrogen-bond donors (Lipinski definition) is 1. The number of fused-ring (bicyclic) bond motifs is 1. The van der Waals surface area contributed by atoms with Crippen LogP contribution >= 0.6 is 0 Å². The van der Waals surface area contributed by atoms with E-state index in [1.54, 1.807) is 6.33 Å². The maximum Gasteiger partial charge on any atom is 0.214 e. The van der Waals surface area contributed by atoms with Crippen LogP contribution in [0.5, 0.6) is 0 Å². The first-order chi connectivity index (χ1) is 12.8. The van der Waals surface area contributed by atoms with E-state index in [4.69, 9.17) is 0 Å². The van der Waals surface area contributed by atoms with Gasteiger partial charge in [0.15, 0.2) is 0 Å². The third-order valence-electron chi connectivity index (χ3n) is 5.97. The van der Waals surface area contributed by atoms with Crippen molar-refractivity contribution >= 4 is 26.9 Å². The minimum Gasteiger partial charge on any atom is -0.356 e. The van der Waals surface area contributed by atoms with Crippen molar-refractivity contribution in [2.45, 2.75) is 32.2 Å². The molecule has 9 heteroatoms. The Morgan fingerprint density at radius 1 is 1.44 bits per heavy atom. The Kier molecular flexibility index (Phi) is 4.35. The summed E-state index contributed by atoms with van der Waals surface area (Å²) in [5.74, 6) is 1.19. The molecule has 1 aliphatic heterocycles. The van der Waals surface area contributed by atoms with Crippen LogP contribution < -0.4 is 4.90 Å². The van der Waals surface area contributed by atoms with Crippen LogP contribution in [0.1, 0.15) is 26.2 Å². The van der Waals surface area contributed by atoms with Gasteiger partial charge in [0, 0.05) is 32.4 Å². The van der Waals surface area contributed by atoms with E-state index in [0.717, 1.165) is 29.7 Å². The highest BCUT2D eigenvalue weighted by atomic mass is 32.2. The summed E-state index contributed by atoms with van der Waals surface area (Å²) >= 11 is 0. The van der Waals surface area contributed by atoms with Crippen LogP contribution in [0.3, 0.4) is 0 Å². The van der Waals surface area contributed by atoms with Crippen molar-refractivity contribution in [2.75, 3.05) is 30.8 Å². The zero-order valence-corrected chi connectivity index (χ0v) is 16.4. The SMILES string of the molecule is CN(c1ncnc2[nH]ccc12)C1CC(CS(=O)(=O)N2CC[C@](C)(C#N)C2)C1. The average Bonchev–Trinajstić information content (AvgIpc) is 3.24. The van der Waals surface area contributed by atoms with Gasteiger partial charge in [-0.25, -0.2) is 22.7 Å². The molecule has 3 heterocycles. The Balaban J connectivity index is 1.37. The van der Waals surface area contributed by atoms with E-state index in [1.807, 2.05) is 26.2 Å². The number of rotatable bonds is 5. The zero-order chi connectivity index (χ0) is 19.2. The molecule has 0 radical (unpaired) electrons. The van der Waals surface area contributed by atoms with Crippen LogP contribution in [-0.2, 0) is 10.0 Å². The topological polar surface area (TPSA) is 106 Å². The molecular weight excluding hydrogens is 364 g/mol. The van der Waals surface area contributed by atoms with E-state index in [-0.39, 0.29) is 17.7 Å². The van der Waals surface area contributed by atoms with E-state index in [0.29, 0.717) is 19.5 Å². The lowest BCUT2D eigenvalue weighted by atomic mass is 9.81. The number of hydrogen-bond acceptors (Lipinski definition) is 6. The van der Waals surface area contributed by atoms with Crippen molar-refractivity contribution in [1.29, 1.82) is 5.26 Å². The highest BCUT2D eigenvalue weighted by Crippen LogP contribution is 2.37. The molecule has 2 aliphatic rings. The zero-order valence-electron chi connectivity index (χ0n) is 15.6. The van der Waals surface area contributed by atoms with Gasteiger partial charge in [0.1, 0.15) is 17.8 Å². The molecule has 1 aliphatic carbocycles. The molecule has 0 amide bonds. The number of H-pyrrole nitrogens is 1. The smallest absolute Gasteiger partial charge is 0.214 e. The highest BCUT2D eigenvalue weighted by Gasteiger charge is 2.42. The predicted molar refractivity (Wildman–Crippen MR) is 103 cm³/mol. The standard InChI is InChI=1S/C18H24N6O2S/c1-18(10-19)4-6-24(11-18)27(25,26)9-13-7-14(8-13)23(2)17-15-3-5-20-16(15)21-12-22-17/h3,5,12-14H,4,6-9,11H2,1-2H3,(H,20,21,22)/t13?,14?,18-/m1/s1. The molecule has 144 valence electrons. The first-order valence-corrected chi connectivity index (χ1v) is 10.8. The summed E-state index contributed by atoms with van der Waals surface area (Å²) in [4.78, 5) is 13.8. The molecule has 0 spiro atoms. The molecule has 1 saturated heterocycles. The van der Waals surface area contributed by atoms with Gasteiger partial charge in [-0.2, -0.15) is 5.26 Å². The second kappa shape index (κ2) is 6.46. The lowest BCUT2D eigenvalue weighted by molar-refractivity contribution is 0.278. The number of aromatic amines is 1. The molecule has 8 nitrogen and oxygen atoms in total. The minimum atomic E-state index is -3.31. The van der Waals surface area contributed by atoms with Gasteiger partial charge in [0.05, 0.1) is 22.6 Å². The van der Waals surface area contributed by atoms with Gasteiger partial charge in [0.25, 0.3) is 0 Å². The fourth-order valence-corrected chi connectivity index (χ4v) is 6.05. The Morgan fingerprint density at radius 2 is 2.22 bits per heavy atom. The Bertz CT molecular complexity index is 991. The van der Waals surface area contributed by atoms with E-state index in [2.05, 4.69) is 25.9 Å². The van der Waals surface area contributed by atoms with Gasteiger partial charge >= 0.3 is 0 Å². The molecule has 2 aromatic heterocycles. The fraction of sp³-hybridized carbons (Fsp3) is 0.611. The molecule has 27 heavy (non-hydrogen) atoms. The molecule has 1 N–H and O–H groups in total. The van der Waals surface area contributed by atoms with Crippen LogP contribution in [0.2, 0.25) is 0 Å². The number of nitrogens with one attached hydrogen (secondary N) is 1. The van der Waals surface area contributed by atoms with Gasteiger partial charge in [-0.15, -0.1) is 0 Å². The summed E-state index contributed by atoms with van der Waals surface area (Å²) in [5.41, 5.74) is 0.254. The first-order valence-electron chi connectivity index (χ1n) is 9.21. The molecule has 0 bridgehead atoms. The van der Waals surface area contributed by atoms with Crippen molar-refractivity contribution in [3.05, 3.63) is 18.6 Å². The molecule has 2 fully saturated rings. The number of nitriles is 1. The number of aromatic nitrogens is 3. The van der Waals surface area contributed by atoms with Crippen molar-refractivity contribution in [2.24, 2.45) is 11.3 Å². The third-order valence-corrected chi connectivity index (χ3v) is 7.96. The highest BCUT2D eigenvalue weighted by molar-refractivity contribution is 7.89. The van der Waals surface area contributed by atoms with Gasteiger partial charge in [-0.3, -0.25) is 0 Å². The maximum atomic E-state index is 12.7. The quantitative estimate of drug-likeness (QED) is 0.836. The molecule has 1 atom stereocenters. The van der Waals surface area contributed by atoms with Gasteiger partial charge < -0.3 is 9.88 Å². The number of nitrogens with zero attached hydrogens (tertiary/aromatic N) is 5. The summed E-state index contributed by atoms with van der Waals surface area (Å²) in [6.45, 7) is 2.60. The fourth-order valence-electron chi connectivity index (χ4n) is 4.12.